The standard InChI is InChI=1S/C12H9BrF3NS/c13-11-2-1-7(18-11)5-10(17)6-3-8(14)12(16)9(15)4-6/h1-4,10H,5,17H2. The summed E-state index contributed by atoms with van der Waals surface area (Å²) in [6, 6.07) is 5.06. The van der Waals surface area contributed by atoms with E-state index in [1.807, 2.05) is 12.1 Å². The Balaban J connectivity index is 2.21. The quantitative estimate of drug-likeness (QED) is 0.837. The fourth-order valence-corrected chi connectivity index (χ4v) is 3.13. The SMILES string of the molecule is NC(Cc1ccc(Br)s1)c1cc(F)c(F)c(F)c1. The number of thiophene rings is 1. The van der Waals surface area contributed by atoms with E-state index in [1.54, 1.807) is 0 Å². The van der Waals surface area contributed by atoms with Gasteiger partial charge in [-0.05, 0) is 45.8 Å². The second kappa shape index (κ2) is 5.42. The monoisotopic (exact) mass is 335 g/mol. The van der Waals surface area contributed by atoms with Crippen LogP contribution in [0.2, 0.25) is 0 Å². The van der Waals surface area contributed by atoms with E-state index < -0.39 is 23.5 Å². The van der Waals surface area contributed by atoms with Crippen LogP contribution in [-0.2, 0) is 6.42 Å². The van der Waals surface area contributed by atoms with Gasteiger partial charge in [0, 0.05) is 17.3 Å². The molecule has 2 rings (SSSR count). The third-order valence-corrected chi connectivity index (χ3v) is 4.13. The van der Waals surface area contributed by atoms with Gasteiger partial charge in [-0.15, -0.1) is 11.3 Å². The van der Waals surface area contributed by atoms with Gasteiger partial charge in [-0.1, -0.05) is 0 Å². The highest BCUT2D eigenvalue weighted by Crippen LogP contribution is 2.27. The molecule has 0 amide bonds. The highest BCUT2D eigenvalue weighted by molar-refractivity contribution is 9.11. The van der Waals surface area contributed by atoms with Crippen molar-refractivity contribution >= 4 is 27.3 Å². The zero-order valence-electron chi connectivity index (χ0n) is 9.09. The fourth-order valence-electron chi connectivity index (χ4n) is 1.59. The third kappa shape index (κ3) is 2.93. The first-order valence-electron chi connectivity index (χ1n) is 5.11. The lowest BCUT2D eigenvalue weighted by Gasteiger charge is -2.11. The zero-order valence-corrected chi connectivity index (χ0v) is 11.5. The van der Waals surface area contributed by atoms with Crippen molar-refractivity contribution in [2.24, 2.45) is 5.73 Å². The molecule has 1 atom stereocenters. The molecule has 1 unspecified atom stereocenters. The van der Waals surface area contributed by atoms with Crippen molar-refractivity contribution in [2.45, 2.75) is 12.5 Å². The molecule has 96 valence electrons. The second-order valence-corrected chi connectivity index (χ2v) is 6.36. The van der Waals surface area contributed by atoms with Crippen LogP contribution in [0.4, 0.5) is 13.2 Å². The van der Waals surface area contributed by atoms with Crippen LogP contribution >= 0.6 is 27.3 Å². The second-order valence-electron chi connectivity index (χ2n) is 3.81. The van der Waals surface area contributed by atoms with Crippen LogP contribution in [0.25, 0.3) is 0 Å². The summed E-state index contributed by atoms with van der Waals surface area (Å²) in [5, 5.41) is 0. The zero-order chi connectivity index (χ0) is 13.3. The Morgan fingerprint density at radius 1 is 1.17 bits per heavy atom. The topological polar surface area (TPSA) is 26.0 Å². The lowest BCUT2D eigenvalue weighted by Crippen LogP contribution is -2.14. The van der Waals surface area contributed by atoms with Gasteiger partial charge in [0.1, 0.15) is 0 Å². The van der Waals surface area contributed by atoms with Crippen molar-refractivity contribution in [2.75, 3.05) is 0 Å². The Bertz CT molecular complexity index is 547. The van der Waals surface area contributed by atoms with Gasteiger partial charge in [-0.2, -0.15) is 0 Å². The summed E-state index contributed by atoms with van der Waals surface area (Å²) in [4.78, 5) is 0.986. The molecular weight excluding hydrogens is 327 g/mol. The highest BCUT2D eigenvalue weighted by atomic mass is 79.9. The van der Waals surface area contributed by atoms with Gasteiger partial charge < -0.3 is 5.73 Å². The summed E-state index contributed by atoms with van der Waals surface area (Å²) in [7, 11) is 0. The van der Waals surface area contributed by atoms with Crippen molar-refractivity contribution in [3.05, 3.63) is 55.9 Å². The molecule has 2 N–H and O–H groups in total. The van der Waals surface area contributed by atoms with Crippen LogP contribution in [0.3, 0.4) is 0 Å². The highest BCUT2D eigenvalue weighted by Gasteiger charge is 2.15. The molecule has 0 bridgehead atoms. The van der Waals surface area contributed by atoms with Gasteiger partial charge >= 0.3 is 0 Å². The molecule has 1 aromatic heterocycles. The van der Waals surface area contributed by atoms with E-state index in [0.29, 0.717) is 6.42 Å². The van der Waals surface area contributed by atoms with Crippen molar-refractivity contribution in [3.8, 4) is 0 Å². The van der Waals surface area contributed by atoms with E-state index in [1.165, 1.54) is 11.3 Å². The maximum atomic E-state index is 13.1. The number of halogens is 4. The summed E-state index contributed by atoms with van der Waals surface area (Å²) in [6.45, 7) is 0. The molecule has 2 aromatic rings. The molecule has 1 aromatic carbocycles. The molecular formula is C12H9BrF3NS. The van der Waals surface area contributed by atoms with Crippen LogP contribution in [-0.4, -0.2) is 0 Å². The van der Waals surface area contributed by atoms with Crippen LogP contribution < -0.4 is 5.73 Å². The van der Waals surface area contributed by atoms with Gasteiger partial charge in [0.15, 0.2) is 17.5 Å². The number of nitrogens with two attached hydrogens (primary N) is 1. The number of benzene rings is 1. The molecule has 0 fully saturated rings. The summed E-state index contributed by atoms with van der Waals surface area (Å²) in [6.07, 6.45) is 0.445. The van der Waals surface area contributed by atoms with Gasteiger partial charge in [0.25, 0.3) is 0 Å². The fraction of sp³-hybridized carbons (Fsp3) is 0.167. The maximum absolute atomic E-state index is 13.1. The van der Waals surface area contributed by atoms with E-state index >= 15 is 0 Å². The predicted octanol–water partition coefficient (Wildman–Crippen LogP) is 4.17. The van der Waals surface area contributed by atoms with Crippen molar-refractivity contribution < 1.29 is 13.2 Å². The Hall–Kier alpha value is -0.850. The van der Waals surface area contributed by atoms with Crippen LogP contribution in [0.15, 0.2) is 28.1 Å². The average molecular weight is 336 g/mol. The number of rotatable bonds is 3. The van der Waals surface area contributed by atoms with E-state index in [4.69, 9.17) is 5.73 Å². The minimum absolute atomic E-state index is 0.246. The minimum Gasteiger partial charge on any atom is -0.324 e. The molecule has 0 radical (unpaired) electrons. The summed E-state index contributed by atoms with van der Waals surface area (Å²) >= 11 is 4.82. The molecule has 0 saturated carbocycles. The first kappa shape index (κ1) is 13.6. The van der Waals surface area contributed by atoms with Gasteiger partial charge in [-0.3, -0.25) is 0 Å². The molecule has 6 heteroatoms. The summed E-state index contributed by atoms with van der Waals surface area (Å²) < 4.78 is 39.9. The largest absolute Gasteiger partial charge is 0.324 e. The normalized spacial score (nSPS) is 12.7. The smallest absolute Gasteiger partial charge is 0.194 e. The first-order chi connectivity index (χ1) is 8.47. The average Bonchev–Trinajstić information content (AvgIpc) is 2.71. The number of hydrogen-bond acceptors (Lipinski definition) is 2. The van der Waals surface area contributed by atoms with Crippen molar-refractivity contribution in [1.82, 2.24) is 0 Å². The Kier molecular flexibility index (Phi) is 4.09. The van der Waals surface area contributed by atoms with Gasteiger partial charge in [0.05, 0.1) is 3.79 Å². The van der Waals surface area contributed by atoms with Gasteiger partial charge in [0.2, 0.25) is 0 Å². The third-order valence-electron chi connectivity index (χ3n) is 2.48. The van der Waals surface area contributed by atoms with E-state index in [2.05, 4.69) is 15.9 Å². The molecule has 0 aliphatic heterocycles. The lowest BCUT2D eigenvalue weighted by atomic mass is 10.0. The lowest BCUT2D eigenvalue weighted by molar-refractivity contribution is 0.443. The maximum Gasteiger partial charge on any atom is 0.194 e. The summed E-state index contributed by atoms with van der Waals surface area (Å²) in [5.74, 6) is -3.90. The van der Waals surface area contributed by atoms with E-state index in [9.17, 15) is 13.2 Å². The molecule has 1 nitrogen and oxygen atoms in total. The Morgan fingerprint density at radius 3 is 2.28 bits per heavy atom. The van der Waals surface area contributed by atoms with Crippen molar-refractivity contribution in [1.29, 1.82) is 0 Å². The molecule has 0 aliphatic rings. The Labute approximate surface area is 115 Å². The van der Waals surface area contributed by atoms with Crippen molar-refractivity contribution in [3.63, 3.8) is 0 Å². The predicted molar refractivity (Wildman–Crippen MR) is 69.0 cm³/mol. The van der Waals surface area contributed by atoms with E-state index in [-0.39, 0.29) is 5.56 Å². The summed E-state index contributed by atoms with van der Waals surface area (Å²) in [5.41, 5.74) is 6.11. The van der Waals surface area contributed by atoms with E-state index in [0.717, 1.165) is 20.8 Å². The molecule has 18 heavy (non-hydrogen) atoms. The molecule has 0 aliphatic carbocycles. The molecule has 1 heterocycles. The van der Waals surface area contributed by atoms with Crippen LogP contribution in [0.5, 0.6) is 0 Å². The Morgan fingerprint density at radius 2 is 1.78 bits per heavy atom. The van der Waals surface area contributed by atoms with Gasteiger partial charge in [-0.25, -0.2) is 13.2 Å². The van der Waals surface area contributed by atoms with Crippen LogP contribution in [0, 0.1) is 17.5 Å². The first-order valence-corrected chi connectivity index (χ1v) is 6.72. The number of hydrogen-bond donors (Lipinski definition) is 1. The minimum atomic E-state index is -1.47. The van der Waals surface area contributed by atoms with Crippen LogP contribution in [0.1, 0.15) is 16.5 Å². The molecule has 0 saturated heterocycles. The molecule has 0 spiro atoms.